The summed E-state index contributed by atoms with van der Waals surface area (Å²) in [7, 11) is 0. The summed E-state index contributed by atoms with van der Waals surface area (Å²) in [6.07, 6.45) is 1.99. The molecule has 82 valence electrons. The Bertz CT molecular complexity index is 372. The van der Waals surface area contributed by atoms with Crippen molar-refractivity contribution >= 4 is 33.6 Å². The van der Waals surface area contributed by atoms with Crippen LogP contribution in [-0.2, 0) is 0 Å². The van der Waals surface area contributed by atoms with Gasteiger partial charge in [-0.25, -0.2) is 0 Å². The van der Waals surface area contributed by atoms with Crippen molar-refractivity contribution in [2.45, 2.75) is 13.8 Å². The average molecular weight is 290 g/mol. The molecule has 0 radical (unpaired) electrons. The molecular formula is C12H14BrClO. The Morgan fingerprint density at radius 2 is 2.20 bits per heavy atom. The van der Waals surface area contributed by atoms with E-state index >= 15 is 0 Å². The van der Waals surface area contributed by atoms with Crippen LogP contribution in [0.15, 0.2) is 28.2 Å². The summed E-state index contributed by atoms with van der Waals surface area (Å²) in [6.45, 7) is 4.22. The summed E-state index contributed by atoms with van der Waals surface area (Å²) in [5, 5.41) is 9.87. The van der Waals surface area contributed by atoms with Crippen LogP contribution in [-0.4, -0.2) is 11.7 Å². The number of benzene rings is 1. The Kier molecular flexibility index (Phi) is 4.84. The van der Waals surface area contributed by atoms with E-state index in [0.29, 0.717) is 10.9 Å². The van der Waals surface area contributed by atoms with Crippen LogP contribution in [0.4, 0.5) is 0 Å². The lowest BCUT2D eigenvalue weighted by Crippen LogP contribution is -1.98. The summed E-state index contributed by atoms with van der Waals surface area (Å²) < 4.78 is 0.874. The van der Waals surface area contributed by atoms with Crippen molar-refractivity contribution in [2.75, 3.05) is 6.61 Å². The molecule has 0 saturated heterocycles. The maximum absolute atomic E-state index is 9.18. The van der Waals surface area contributed by atoms with E-state index in [1.54, 1.807) is 0 Å². The summed E-state index contributed by atoms with van der Waals surface area (Å²) in [4.78, 5) is 0. The van der Waals surface area contributed by atoms with Gasteiger partial charge < -0.3 is 5.11 Å². The first-order valence-corrected chi connectivity index (χ1v) is 5.98. The highest BCUT2D eigenvalue weighted by Gasteiger charge is 2.03. The topological polar surface area (TPSA) is 20.2 Å². The minimum Gasteiger partial charge on any atom is -0.392 e. The van der Waals surface area contributed by atoms with E-state index in [1.165, 1.54) is 0 Å². The van der Waals surface area contributed by atoms with Gasteiger partial charge in [-0.15, -0.1) is 0 Å². The van der Waals surface area contributed by atoms with Gasteiger partial charge in [-0.2, -0.15) is 0 Å². The van der Waals surface area contributed by atoms with E-state index in [0.717, 1.165) is 15.6 Å². The smallest absolute Gasteiger partial charge is 0.0647 e. The van der Waals surface area contributed by atoms with Gasteiger partial charge in [-0.05, 0) is 45.1 Å². The maximum atomic E-state index is 9.18. The number of aliphatic hydroxyl groups is 1. The molecule has 0 bridgehead atoms. The second kappa shape index (κ2) is 5.69. The third-order valence-electron chi connectivity index (χ3n) is 2.22. The molecule has 1 rings (SSSR count). The fourth-order valence-electron chi connectivity index (χ4n) is 1.21. The van der Waals surface area contributed by atoms with Gasteiger partial charge in [-0.1, -0.05) is 37.6 Å². The minimum absolute atomic E-state index is 0.0952. The highest BCUT2D eigenvalue weighted by atomic mass is 79.9. The fourth-order valence-corrected chi connectivity index (χ4v) is 1.73. The Morgan fingerprint density at radius 1 is 1.53 bits per heavy atom. The molecule has 15 heavy (non-hydrogen) atoms. The van der Waals surface area contributed by atoms with Crippen molar-refractivity contribution in [3.05, 3.63) is 38.8 Å². The molecule has 0 heterocycles. The summed E-state index contributed by atoms with van der Waals surface area (Å²) in [6, 6.07) is 5.72. The molecule has 0 spiro atoms. The monoisotopic (exact) mass is 288 g/mol. The van der Waals surface area contributed by atoms with Gasteiger partial charge in [0.2, 0.25) is 0 Å². The Hall–Kier alpha value is -0.310. The van der Waals surface area contributed by atoms with Gasteiger partial charge in [0.1, 0.15) is 0 Å². The van der Waals surface area contributed by atoms with Crippen LogP contribution in [0.1, 0.15) is 19.4 Å². The summed E-state index contributed by atoms with van der Waals surface area (Å²) in [5.41, 5.74) is 2.06. The van der Waals surface area contributed by atoms with Crippen LogP contribution in [0, 0.1) is 5.92 Å². The Labute approximate surface area is 104 Å². The number of hydrogen-bond donors (Lipinski definition) is 1. The lowest BCUT2D eigenvalue weighted by atomic mass is 10.0. The zero-order chi connectivity index (χ0) is 11.4. The molecule has 0 saturated carbocycles. The normalized spacial score (nSPS) is 12.3. The lowest BCUT2D eigenvalue weighted by molar-refractivity contribution is 0.320. The highest BCUT2D eigenvalue weighted by Crippen LogP contribution is 2.25. The zero-order valence-electron chi connectivity index (χ0n) is 8.80. The van der Waals surface area contributed by atoms with Gasteiger partial charge in [0.05, 0.1) is 11.6 Å². The molecule has 1 aromatic rings. The molecule has 0 aliphatic rings. The molecule has 0 fully saturated rings. The highest BCUT2D eigenvalue weighted by molar-refractivity contribution is 9.10. The van der Waals surface area contributed by atoms with Gasteiger partial charge in [0, 0.05) is 4.47 Å². The van der Waals surface area contributed by atoms with Gasteiger partial charge in [0.15, 0.2) is 0 Å². The molecule has 1 N–H and O–H groups in total. The Balaban J connectivity index is 3.01. The van der Waals surface area contributed by atoms with Crippen molar-refractivity contribution in [3.63, 3.8) is 0 Å². The van der Waals surface area contributed by atoms with Gasteiger partial charge in [0.25, 0.3) is 0 Å². The molecule has 0 aliphatic carbocycles. The fraction of sp³-hybridized carbons (Fsp3) is 0.333. The first kappa shape index (κ1) is 12.8. The molecule has 0 amide bonds. The first-order valence-electron chi connectivity index (χ1n) is 4.81. The second-order valence-corrected chi connectivity index (χ2v) is 4.97. The molecule has 0 aliphatic heterocycles. The SMILES string of the molecule is CC(C)/C(=C/c1ccc(Cl)c(Br)c1)CO. The standard InChI is InChI=1S/C12H14BrClO/c1-8(2)10(7-15)5-9-3-4-12(14)11(13)6-9/h3-6,8,15H,7H2,1-2H3/b10-5+. The van der Waals surface area contributed by atoms with E-state index in [-0.39, 0.29) is 6.61 Å². The molecular weight excluding hydrogens is 275 g/mol. The minimum atomic E-state index is 0.0952. The molecule has 1 aromatic carbocycles. The number of halogens is 2. The van der Waals surface area contributed by atoms with Crippen LogP contribution in [0.3, 0.4) is 0 Å². The van der Waals surface area contributed by atoms with E-state index in [4.69, 9.17) is 11.6 Å². The van der Waals surface area contributed by atoms with Crippen LogP contribution in [0.2, 0.25) is 5.02 Å². The zero-order valence-corrected chi connectivity index (χ0v) is 11.1. The van der Waals surface area contributed by atoms with Crippen LogP contribution >= 0.6 is 27.5 Å². The van der Waals surface area contributed by atoms with Crippen molar-refractivity contribution in [3.8, 4) is 0 Å². The molecule has 0 atom stereocenters. The van der Waals surface area contributed by atoms with Crippen LogP contribution in [0.5, 0.6) is 0 Å². The second-order valence-electron chi connectivity index (χ2n) is 3.71. The Morgan fingerprint density at radius 3 is 2.67 bits per heavy atom. The number of hydrogen-bond acceptors (Lipinski definition) is 1. The van der Waals surface area contributed by atoms with Crippen molar-refractivity contribution in [1.82, 2.24) is 0 Å². The number of aliphatic hydroxyl groups excluding tert-OH is 1. The largest absolute Gasteiger partial charge is 0.392 e. The summed E-state index contributed by atoms with van der Waals surface area (Å²) >= 11 is 9.27. The number of rotatable bonds is 3. The van der Waals surface area contributed by atoms with Gasteiger partial charge in [-0.3, -0.25) is 0 Å². The van der Waals surface area contributed by atoms with E-state index < -0.39 is 0 Å². The maximum Gasteiger partial charge on any atom is 0.0647 e. The third kappa shape index (κ3) is 3.63. The molecule has 1 nitrogen and oxygen atoms in total. The molecule has 0 aromatic heterocycles. The first-order chi connectivity index (χ1) is 7.04. The third-order valence-corrected chi connectivity index (χ3v) is 3.43. The van der Waals surface area contributed by atoms with Crippen LogP contribution in [0.25, 0.3) is 6.08 Å². The average Bonchev–Trinajstić information content (AvgIpc) is 2.19. The van der Waals surface area contributed by atoms with E-state index in [9.17, 15) is 5.11 Å². The van der Waals surface area contributed by atoms with E-state index in [2.05, 4.69) is 29.8 Å². The van der Waals surface area contributed by atoms with E-state index in [1.807, 2.05) is 24.3 Å². The van der Waals surface area contributed by atoms with Crippen LogP contribution < -0.4 is 0 Å². The quantitative estimate of drug-likeness (QED) is 0.887. The van der Waals surface area contributed by atoms with Crippen molar-refractivity contribution in [1.29, 1.82) is 0 Å². The molecule has 3 heteroatoms. The predicted octanol–water partition coefficient (Wildman–Crippen LogP) is 4.13. The van der Waals surface area contributed by atoms with Crippen molar-refractivity contribution < 1.29 is 5.11 Å². The molecule has 0 unspecified atom stereocenters. The predicted molar refractivity (Wildman–Crippen MR) is 69.1 cm³/mol. The van der Waals surface area contributed by atoms with Crippen molar-refractivity contribution in [2.24, 2.45) is 5.92 Å². The lowest BCUT2D eigenvalue weighted by Gasteiger charge is -2.08. The van der Waals surface area contributed by atoms with Gasteiger partial charge >= 0.3 is 0 Å². The summed E-state index contributed by atoms with van der Waals surface area (Å²) in [5.74, 6) is 0.351.